The Bertz CT molecular complexity index is 598. The maximum absolute atomic E-state index is 11.6. The second kappa shape index (κ2) is 3.34. The van der Waals surface area contributed by atoms with E-state index >= 15 is 0 Å². The lowest BCUT2D eigenvalue weighted by molar-refractivity contribution is -0.130. The van der Waals surface area contributed by atoms with Gasteiger partial charge in [-0.2, -0.15) is 0 Å². The first-order valence-corrected chi connectivity index (χ1v) is 5.89. The van der Waals surface area contributed by atoms with Gasteiger partial charge in [-0.05, 0) is 12.1 Å². The van der Waals surface area contributed by atoms with Gasteiger partial charge in [0.25, 0.3) is 0 Å². The zero-order valence-corrected chi connectivity index (χ0v) is 9.11. The molecule has 2 rings (SSSR count). The number of carboxylic acid groups (broad SMARTS) is 1. The van der Waals surface area contributed by atoms with Crippen molar-refractivity contribution < 1.29 is 23.1 Å². The number of benzene rings is 1. The summed E-state index contributed by atoms with van der Waals surface area (Å²) in [4.78, 5) is 10.9. The molecule has 1 N–H and O–H groups in total. The predicted octanol–water partition coefficient (Wildman–Crippen LogP) is 0.908. The minimum atomic E-state index is -3.66. The Labute approximate surface area is 91.9 Å². The molecule has 1 aliphatic rings. The molecule has 0 aromatic heterocycles. The fourth-order valence-corrected chi connectivity index (χ4v) is 3.04. The van der Waals surface area contributed by atoms with Gasteiger partial charge in [0.05, 0.1) is 28.5 Å². The van der Waals surface area contributed by atoms with Gasteiger partial charge in [-0.15, -0.1) is 0 Å². The number of carboxylic acids is 1. The fourth-order valence-electron chi connectivity index (χ4n) is 1.62. The van der Waals surface area contributed by atoms with Crippen LogP contribution in [-0.4, -0.2) is 26.6 Å². The number of hydrogen-bond acceptors (Lipinski definition) is 4. The largest absolute Gasteiger partial charge is 0.496 e. The van der Waals surface area contributed by atoms with Crippen molar-refractivity contribution in [1.82, 2.24) is 0 Å². The molecule has 1 aromatic carbocycles. The van der Waals surface area contributed by atoms with Crippen molar-refractivity contribution in [2.75, 3.05) is 7.11 Å². The lowest BCUT2D eigenvalue weighted by atomic mass is 10.1. The summed E-state index contributed by atoms with van der Waals surface area (Å²) in [6.07, 6.45) is 0. The number of rotatable bonds is 2. The molecule has 0 spiro atoms. The number of ether oxygens (including phenoxy) is 1. The van der Waals surface area contributed by atoms with E-state index in [9.17, 15) is 13.2 Å². The number of aliphatic carboxylic acids is 1. The van der Waals surface area contributed by atoms with Crippen LogP contribution in [0.2, 0.25) is 0 Å². The van der Waals surface area contributed by atoms with Crippen molar-refractivity contribution in [3.05, 3.63) is 29.2 Å². The van der Waals surface area contributed by atoms with Crippen LogP contribution in [-0.2, 0) is 14.6 Å². The summed E-state index contributed by atoms with van der Waals surface area (Å²) in [7, 11) is -2.29. The van der Waals surface area contributed by atoms with E-state index in [-0.39, 0.29) is 21.8 Å². The number of methoxy groups -OCH3 is 1. The molecular formula is C10H8O5S. The molecule has 0 saturated carbocycles. The Balaban J connectivity index is 2.83. The number of carbonyl (C=O) groups is 1. The Morgan fingerprint density at radius 2 is 2.06 bits per heavy atom. The molecular weight excluding hydrogens is 232 g/mol. The van der Waals surface area contributed by atoms with E-state index < -0.39 is 15.8 Å². The van der Waals surface area contributed by atoms with Gasteiger partial charge >= 0.3 is 5.97 Å². The van der Waals surface area contributed by atoms with Crippen LogP contribution in [0.1, 0.15) is 5.56 Å². The highest BCUT2D eigenvalue weighted by molar-refractivity contribution is 7.95. The molecule has 0 radical (unpaired) electrons. The van der Waals surface area contributed by atoms with Gasteiger partial charge in [0, 0.05) is 0 Å². The standard InChI is InChI=1S/C10H8O5S/c1-15-7-3-2-4-8-9(7)6(10(11)12)5-16(8,13)14/h2-5H,1H3,(H,11,12). The van der Waals surface area contributed by atoms with E-state index in [0.717, 1.165) is 5.41 Å². The molecule has 0 unspecified atom stereocenters. The zero-order chi connectivity index (χ0) is 11.9. The maximum atomic E-state index is 11.6. The van der Waals surface area contributed by atoms with E-state index in [1.807, 2.05) is 0 Å². The van der Waals surface area contributed by atoms with E-state index in [2.05, 4.69) is 0 Å². The summed E-state index contributed by atoms with van der Waals surface area (Å²) >= 11 is 0. The molecule has 16 heavy (non-hydrogen) atoms. The summed E-state index contributed by atoms with van der Waals surface area (Å²) in [6, 6.07) is 4.39. The second-order valence-corrected chi connectivity index (χ2v) is 4.98. The molecule has 0 saturated heterocycles. The predicted molar refractivity (Wildman–Crippen MR) is 55.8 cm³/mol. The van der Waals surface area contributed by atoms with Gasteiger partial charge in [0.2, 0.25) is 9.84 Å². The van der Waals surface area contributed by atoms with Crippen LogP contribution in [0.5, 0.6) is 5.75 Å². The van der Waals surface area contributed by atoms with Gasteiger partial charge in [-0.3, -0.25) is 0 Å². The third-order valence-electron chi connectivity index (χ3n) is 2.29. The highest BCUT2D eigenvalue weighted by Gasteiger charge is 2.33. The van der Waals surface area contributed by atoms with E-state index in [1.165, 1.54) is 25.3 Å². The van der Waals surface area contributed by atoms with Crippen LogP contribution in [0, 0.1) is 0 Å². The highest BCUT2D eigenvalue weighted by atomic mass is 32.2. The van der Waals surface area contributed by atoms with Crippen LogP contribution in [0.3, 0.4) is 0 Å². The Hall–Kier alpha value is -1.82. The van der Waals surface area contributed by atoms with Crippen molar-refractivity contribution in [3.63, 3.8) is 0 Å². The van der Waals surface area contributed by atoms with E-state index in [4.69, 9.17) is 9.84 Å². The summed E-state index contributed by atoms with van der Waals surface area (Å²) in [5, 5.41) is 9.68. The smallest absolute Gasteiger partial charge is 0.337 e. The number of hydrogen-bond donors (Lipinski definition) is 1. The van der Waals surface area contributed by atoms with Crippen molar-refractivity contribution in [3.8, 4) is 5.75 Å². The van der Waals surface area contributed by atoms with Crippen molar-refractivity contribution in [2.45, 2.75) is 4.90 Å². The summed E-state index contributed by atoms with van der Waals surface area (Å²) in [5.41, 5.74) is -0.134. The van der Waals surface area contributed by atoms with Crippen molar-refractivity contribution in [2.24, 2.45) is 0 Å². The van der Waals surface area contributed by atoms with Crippen LogP contribution < -0.4 is 4.74 Å². The highest BCUT2D eigenvalue weighted by Crippen LogP contribution is 2.39. The van der Waals surface area contributed by atoms with E-state index in [1.54, 1.807) is 0 Å². The Morgan fingerprint density at radius 1 is 1.38 bits per heavy atom. The van der Waals surface area contributed by atoms with Gasteiger partial charge < -0.3 is 9.84 Å². The molecule has 6 heteroatoms. The number of fused-ring (bicyclic) bond motifs is 1. The molecule has 84 valence electrons. The maximum Gasteiger partial charge on any atom is 0.337 e. The third-order valence-corrected chi connectivity index (χ3v) is 3.79. The van der Waals surface area contributed by atoms with Crippen LogP contribution in [0.25, 0.3) is 5.57 Å². The van der Waals surface area contributed by atoms with Gasteiger partial charge in [-0.25, -0.2) is 13.2 Å². The zero-order valence-electron chi connectivity index (χ0n) is 8.30. The monoisotopic (exact) mass is 240 g/mol. The lowest BCUT2D eigenvalue weighted by Crippen LogP contribution is -2.00. The fraction of sp³-hybridized carbons (Fsp3) is 0.100. The summed E-state index contributed by atoms with van der Waals surface area (Å²) in [6.45, 7) is 0. The van der Waals surface area contributed by atoms with Gasteiger partial charge in [-0.1, -0.05) is 6.07 Å². The lowest BCUT2D eigenvalue weighted by Gasteiger charge is -2.06. The topological polar surface area (TPSA) is 80.7 Å². The molecule has 0 aliphatic carbocycles. The minimum Gasteiger partial charge on any atom is -0.496 e. The first kappa shape index (κ1) is 10.7. The normalized spacial score (nSPS) is 16.4. The summed E-state index contributed by atoms with van der Waals surface area (Å²) in [5.74, 6) is -1.04. The second-order valence-electron chi connectivity index (χ2n) is 3.22. The minimum absolute atomic E-state index is 0.0238. The van der Waals surface area contributed by atoms with Crippen molar-refractivity contribution >= 4 is 21.4 Å². The molecule has 0 bridgehead atoms. The Morgan fingerprint density at radius 3 is 2.62 bits per heavy atom. The number of sulfone groups is 1. The average Bonchev–Trinajstić information content (AvgIpc) is 2.51. The van der Waals surface area contributed by atoms with Crippen LogP contribution in [0.15, 0.2) is 28.5 Å². The molecule has 1 aromatic rings. The summed E-state index contributed by atoms with van der Waals surface area (Å²) < 4.78 is 28.2. The Kier molecular flexibility index (Phi) is 2.23. The molecule has 0 amide bonds. The van der Waals surface area contributed by atoms with Crippen molar-refractivity contribution in [1.29, 1.82) is 0 Å². The molecule has 1 aliphatic heterocycles. The average molecular weight is 240 g/mol. The first-order valence-electron chi connectivity index (χ1n) is 4.35. The van der Waals surface area contributed by atoms with E-state index in [0.29, 0.717) is 0 Å². The quantitative estimate of drug-likeness (QED) is 0.830. The molecule has 0 fully saturated rings. The first-order chi connectivity index (χ1) is 7.47. The third kappa shape index (κ3) is 1.38. The SMILES string of the molecule is COc1cccc2c1C(C(=O)O)=CS2(=O)=O. The molecule has 1 heterocycles. The van der Waals surface area contributed by atoms with Gasteiger partial charge in [0.1, 0.15) is 5.75 Å². The van der Waals surface area contributed by atoms with Crippen LogP contribution in [0.4, 0.5) is 0 Å². The van der Waals surface area contributed by atoms with Crippen LogP contribution >= 0.6 is 0 Å². The molecule has 0 atom stereocenters. The van der Waals surface area contributed by atoms with Gasteiger partial charge in [0.15, 0.2) is 0 Å². The molecule has 5 nitrogen and oxygen atoms in total.